The third-order valence-electron chi connectivity index (χ3n) is 5.16. The first-order chi connectivity index (χ1) is 9.47. The SMILES string of the molecule is CC1(CN2C(=O)NC(=O)C3(CCCCCC3)C2=O)CC1. The molecule has 3 fully saturated rings. The Balaban J connectivity index is 1.87. The normalized spacial score (nSPS) is 28.2. The number of imide groups is 2. The molecule has 0 unspecified atom stereocenters. The Hall–Kier alpha value is -1.39. The van der Waals surface area contributed by atoms with E-state index in [4.69, 9.17) is 0 Å². The highest BCUT2D eigenvalue weighted by Crippen LogP contribution is 2.47. The summed E-state index contributed by atoms with van der Waals surface area (Å²) in [5, 5.41) is 2.43. The number of urea groups is 1. The third-order valence-corrected chi connectivity index (χ3v) is 5.16. The van der Waals surface area contributed by atoms with Crippen molar-refractivity contribution in [2.24, 2.45) is 10.8 Å². The first-order valence-corrected chi connectivity index (χ1v) is 7.64. The fourth-order valence-corrected chi connectivity index (χ4v) is 3.40. The quantitative estimate of drug-likeness (QED) is 0.787. The molecule has 3 aliphatic rings. The highest BCUT2D eigenvalue weighted by atomic mass is 16.2. The molecule has 1 saturated heterocycles. The average Bonchev–Trinajstić information content (AvgIpc) is 3.17. The van der Waals surface area contributed by atoms with Gasteiger partial charge in [-0.2, -0.15) is 0 Å². The van der Waals surface area contributed by atoms with Crippen molar-refractivity contribution < 1.29 is 14.4 Å². The minimum Gasteiger partial charge on any atom is -0.277 e. The van der Waals surface area contributed by atoms with Crippen molar-refractivity contribution in [2.45, 2.75) is 58.3 Å². The maximum atomic E-state index is 12.8. The number of barbiturate groups is 1. The molecule has 3 rings (SSSR count). The van der Waals surface area contributed by atoms with Crippen molar-refractivity contribution in [3.05, 3.63) is 0 Å². The Morgan fingerprint density at radius 2 is 1.60 bits per heavy atom. The van der Waals surface area contributed by atoms with Crippen molar-refractivity contribution in [3.63, 3.8) is 0 Å². The van der Waals surface area contributed by atoms with Gasteiger partial charge in [-0.25, -0.2) is 4.79 Å². The molecule has 1 aliphatic heterocycles. The highest BCUT2D eigenvalue weighted by Gasteiger charge is 2.55. The van der Waals surface area contributed by atoms with Gasteiger partial charge in [-0.3, -0.25) is 19.8 Å². The largest absolute Gasteiger partial charge is 0.330 e. The van der Waals surface area contributed by atoms with Crippen molar-refractivity contribution in [2.75, 3.05) is 6.54 Å². The van der Waals surface area contributed by atoms with Gasteiger partial charge in [0, 0.05) is 6.54 Å². The van der Waals surface area contributed by atoms with Gasteiger partial charge in [0.2, 0.25) is 11.8 Å². The van der Waals surface area contributed by atoms with Gasteiger partial charge in [0.25, 0.3) is 0 Å². The molecule has 4 amide bonds. The zero-order valence-corrected chi connectivity index (χ0v) is 12.0. The maximum Gasteiger partial charge on any atom is 0.330 e. The van der Waals surface area contributed by atoms with Crippen molar-refractivity contribution >= 4 is 17.8 Å². The molecule has 1 N–H and O–H groups in total. The molecule has 5 heteroatoms. The zero-order valence-electron chi connectivity index (χ0n) is 12.0. The van der Waals surface area contributed by atoms with E-state index in [1.165, 1.54) is 4.90 Å². The topological polar surface area (TPSA) is 66.5 Å². The van der Waals surface area contributed by atoms with Gasteiger partial charge >= 0.3 is 6.03 Å². The number of hydrogen-bond acceptors (Lipinski definition) is 3. The maximum absolute atomic E-state index is 12.8. The molecule has 0 radical (unpaired) electrons. The Bertz CT molecular complexity index is 460. The highest BCUT2D eigenvalue weighted by molar-refractivity contribution is 6.19. The van der Waals surface area contributed by atoms with Crippen molar-refractivity contribution in [3.8, 4) is 0 Å². The molecule has 0 aromatic carbocycles. The van der Waals surface area contributed by atoms with Crippen LogP contribution in [0.15, 0.2) is 0 Å². The number of nitrogens with one attached hydrogen (secondary N) is 1. The van der Waals surface area contributed by atoms with Crippen LogP contribution in [0.25, 0.3) is 0 Å². The zero-order chi connectivity index (χ0) is 14.4. The van der Waals surface area contributed by atoms with Crippen LogP contribution in [0, 0.1) is 10.8 Å². The molecule has 0 aromatic rings. The number of nitrogens with zero attached hydrogens (tertiary/aromatic N) is 1. The molecule has 110 valence electrons. The van der Waals surface area contributed by atoms with Crippen LogP contribution in [-0.4, -0.2) is 29.3 Å². The van der Waals surface area contributed by atoms with E-state index in [-0.39, 0.29) is 17.2 Å². The summed E-state index contributed by atoms with van der Waals surface area (Å²) >= 11 is 0. The van der Waals surface area contributed by atoms with Gasteiger partial charge in [-0.15, -0.1) is 0 Å². The summed E-state index contributed by atoms with van der Waals surface area (Å²) in [6, 6.07) is -0.525. The molecule has 1 spiro atoms. The lowest BCUT2D eigenvalue weighted by atomic mass is 9.76. The van der Waals surface area contributed by atoms with Gasteiger partial charge in [-0.05, 0) is 31.1 Å². The van der Waals surface area contributed by atoms with Crippen LogP contribution in [0.3, 0.4) is 0 Å². The van der Waals surface area contributed by atoms with Crippen LogP contribution in [0.2, 0.25) is 0 Å². The van der Waals surface area contributed by atoms with Gasteiger partial charge in [0.1, 0.15) is 5.41 Å². The van der Waals surface area contributed by atoms with E-state index in [9.17, 15) is 14.4 Å². The van der Waals surface area contributed by atoms with E-state index < -0.39 is 11.4 Å². The fraction of sp³-hybridized carbons (Fsp3) is 0.800. The van der Waals surface area contributed by atoms with E-state index in [0.29, 0.717) is 19.4 Å². The van der Waals surface area contributed by atoms with E-state index in [1.54, 1.807) is 0 Å². The van der Waals surface area contributed by atoms with E-state index in [1.807, 2.05) is 0 Å². The lowest BCUT2D eigenvalue weighted by molar-refractivity contribution is -0.153. The number of amides is 4. The minimum atomic E-state index is -0.977. The second-order valence-electron chi connectivity index (χ2n) is 6.96. The summed E-state index contributed by atoms with van der Waals surface area (Å²) in [4.78, 5) is 38.4. The van der Waals surface area contributed by atoms with E-state index in [0.717, 1.165) is 38.5 Å². The van der Waals surface area contributed by atoms with Crippen LogP contribution < -0.4 is 5.32 Å². The lowest BCUT2D eigenvalue weighted by Gasteiger charge is -2.39. The van der Waals surface area contributed by atoms with E-state index >= 15 is 0 Å². The molecular formula is C15H22N2O3. The summed E-state index contributed by atoms with van der Waals surface area (Å²) in [7, 11) is 0. The monoisotopic (exact) mass is 278 g/mol. The summed E-state index contributed by atoms with van der Waals surface area (Å²) in [6.07, 6.45) is 7.16. The second kappa shape index (κ2) is 4.57. The first kappa shape index (κ1) is 13.6. The van der Waals surface area contributed by atoms with Gasteiger partial charge < -0.3 is 0 Å². The van der Waals surface area contributed by atoms with Gasteiger partial charge in [0.15, 0.2) is 0 Å². The predicted molar refractivity (Wildman–Crippen MR) is 72.7 cm³/mol. The summed E-state index contributed by atoms with van der Waals surface area (Å²) < 4.78 is 0. The Morgan fingerprint density at radius 3 is 2.15 bits per heavy atom. The van der Waals surface area contributed by atoms with Gasteiger partial charge in [-0.1, -0.05) is 32.6 Å². The molecule has 2 aliphatic carbocycles. The number of carbonyl (C=O) groups is 3. The summed E-state index contributed by atoms with van der Waals surface area (Å²) in [5.74, 6) is -0.618. The van der Waals surface area contributed by atoms with Crippen LogP contribution in [-0.2, 0) is 9.59 Å². The smallest absolute Gasteiger partial charge is 0.277 e. The van der Waals surface area contributed by atoms with Crippen LogP contribution in [0.1, 0.15) is 58.3 Å². The second-order valence-corrected chi connectivity index (χ2v) is 6.96. The average molecular weight is 278 g/mol. The molecule has 0 bridgehead atoms. The van der Waals surface area contributed by atoms with Gasteiger partial charge in [0.05, 0.1) is 0 Å². The standard InChI is InChI=1S/C15H22N2O3/c1-14(8-9-14)10-17-12(19)15(11(18)16-13(17)20)6-4-2-3-5-7-15/h2-10H2,1H3,(H,16,18,20). The lowest BCUT2D eigenvalue weighted by Crippen LogP contribution is -2.64. The Kier molecular flexibility index (Phi) is 3.10. The first-order valence-electron chi connectivity index (χ1n) is 7.64. The third kappa shape index (κ3) is 2.13. The summed E-state index contributed by atoms with van der Waals surface area (Å²) in [5.41, 5.74) is -0.908. The van der Waals surface area contributed by atoms with Crippen molar-refractivity contribution in [1.82, 2.24) is 10.2 Å². The number of rotatable bonds is 2. The van der Waals surface area contributed by atoms with Crippen LogP contribution in [0.5, 0.6) is 0 Å². The number of hydrogen-bond donors (Lipinski definition) is 1. The fourth-order valence-electron chi connectivity index (χ4n) is 3.40. The van der Waals surface area contributed by atoms with Crippen LogP contribution >= 0.6 is 0 Å². The predicted octanol–water partition coefficient (Wildman–Crippen LogP) is 2.21. The number of carbonyl (C=O) groups excluding carboxylic acids is 3. The Morgan fingerprint density at radius 1 is 1.00 bits per heavy atom. The molecule has 5 nitrogen and oxygen atoms in total. The molecule has 0 atom stereocenters. The Labute approximate surface area is 119 Å². The molecule has 1 heterocycles. The molecular weight excluding hydrogens is 256 g/mol. The molecule has 20 heavy (non-hydrogen) atoms. The minimum absolute atomic E-state index is 0.0688. The van der Waals surface area contributed by atoms with E-state index in [2.05, 4.69) is 12.2 Å². The summed E-state index contributed by atoms with van der Waals surface area (Å²) in [6.45, 7) is 2.54. The van der Waals surface area contributed by atoms with Crippen molar-refractivity contribution in [1.29, 1.82) is 0 Å². The van der Waals surface area contributed by atoms with Crippen LogP contribution in [0.4, 0.5) is 4.79 Å². The molecule has 0 aromatic heterocycles. The molecule has 2 saturated carbocycles.